The van der Waals surface area contributed by atoms with E-state index >= 15 is 0 Å². The number of rotatable bonds is 3. The average molecular weight is 288 g/mol. The van der Waals surface area contributed by atoms with Gasteiger partial charge >= 0.3 is 0 Å². The second-order valence-corrected chi connectivity index (χ2v) is 7.67. The first-order valence-corrected chi connectivity index (χ1v) is 8.50. The van der Waals surface area contributed by atoms with Gasteiger partial charge in [0.2, 0.25) is 0 Å². The first-order chi connectivity index (χ1) is 8.47. The number of benzene rings is 1. The quantitative estimate of drug-likeness (QED) is 0.929. The highest BCUT2D eigenvalue weighted by Gasteiger charge is 2.28. The Balaban J connectivity index is 2.05. The molecule has 1 aromatic rings. The molecule has 100 valence electrons. The summed E-state index contributed by atoms with van der Waals surface area (Å²) in [6, 6.07) is 7.75. The maximum absolute atomic E-state index is 11.6. The van der Waals surface area contributed by atoms with Crippen LogP contribution in [0.15, 0.2) is 24.3 Å². The minimum absolute atomic E-state index is 0.193. The fourth-order valence-electron chi connectivity index (χ4n) is 2.46. The minimum atomic E-state index is -2.93. The van der Waals surface area contributed by atoms with Crippen molar-refractivity contribution < 1.29 is 8.42 Å². The highest BCUT2D eigenvalue weighted by molar-refractivity contribution is 7.91. The van der Waals surface area contributed by atoms with Gasteiger partial charge in [0.25, 0.3) is 0 Å². The van der Waals surface area contributed by atoms with Crippen molar-refractivity contribution in [3.05, 3.63) is 29.3 Å². The van der Waals surface area contributed by atoms with Crippen LogP contribution in [-0.4, -0.2) is 26.0 Å². The van der Waals surface area contributed by atoms with Crippen LogP contribution in [0.2, 0.25) is 5.02 Å². The molecule has 0 aromatic heterocycles. The summed E-state index contributed by atoms with van der Waals surface area (Å²) in [5.74, 6) is 0. The van der Waals surface area contributed by atoms with Gasteiger partial charge in [-0.2, -0.15) is 0 Å². The van der Waals surface area contributed by atoms with E-state index < -0.39 is 9.84 Å². The third-order valence-electron chi connectivity index (χ3n) is 3.47. The van der Waals surface area contributed by atoms with E-state index in [9.17, 15) is 8.42 Å². The van der Waals surface area contributed by atoms with Gasteiger partial charge < -0.3 is 5.32 Å². The lowest BCUT2D eigenvalue weighted by Gasteiger charge is -2.29. The molecule has 2 atom stereocenters. The number of para-hydroxylation sites is 1. The summed E-state index contributed by atoms with van der Waals surface area (Å²) < 4.78 is 23.2. The summed E-state index contributed by atoms with van der Waals surface area (Å²) in [6.07, 6.45) is 4.72. The molecule has 1 fully saturated rings. The Kier molecular flexibility index (Phi) is 4.17. The molecule has 2 rings (SSSR count). The summed E-state index contributed by atoms with van der Waals surface area (Å²) in [7, 11) is -2.93. The van der Waals surface area contributed by atoms with E-state index in [1.807, 2.05) is 24.3 Å². The Morgan fingerprint density at radius 1 is 1.28 bits per heavy atom. The van der Waals surface area contributed by atoms with Crippen LogP contribution < -0.4 is 5.32 Å². The van der Waals surface area contributed by atoms with E-state index in [1.54, 1.807) is 0 Å². The van der Waals surface area contributed by atoms with E-state index in [-0.39, 0.29) is 11.3 Å². The fourth-order valence-corrected chi connectivity index (χ4v) is 3.83. The van der Waals surface area contributed by atoms with Crippen molar-refractivity contribution in [2.75, 3.05) is 11.6 Å². The smallest absolute Gasteiger partial charge is 0.150 e. The van der Waals surface area contributed by atoms with Gasteiger partial charge in [-0.05, 0) is 31.4 Å². The van der Waals surface area contributed by atoms with Crippen LogP contribution in [0.25, 0.3) is 0 Å². The molecule has 1 aliphatic carbocycles. The second kappa shape index (κ2) is 5.49. The van der Waals surface area contributed by atoms with Crippen molar-refractivity contribution in [3.63, 3.8) is 0 Å². The van der Waals surface area contributed by atoms with Gasteiger partial charge in [-0.1, -0.05) is 30.2 Å². The summed E-state index contributed by atoms with van der Waals surface area (Å²) in [5.41, 5.74) is 0.887. The SMILES string of the molecule is CS(=O)(=O)C1CCCC(Nc2ccccc2Cl)C1. The van der Waals surface area contributed by atoms with Crippen LogP contribution in [0.3, 0.4) is 0 Å². The number of anilines is 1. The summed E-state index contributed by atoms with van der Waals surface area (Å²) in [5, 5.41) is 3.82. The highest BCUT2D eigenvalue weighted by atomic mass is 35.5. The number of halogens is 1. The van der Waals surface area contributed by atoms with Crippen molar-refractivity contribution in [1.82, 2.24) is 0 Å². The summed E-state index contributed by atoms with van der Waals surface area (Å²) in [6.45, 7) is 0. The number of sulfone groups is 1. The molecule has 3 nitrogen and oxygen atoms in total. The molecule has 1 saturated carbocycles. The first-order valence-electron chi connectivity index (χ1n) is 6.17. The van der Waals surface area contributed by atoms with Crippen molar-refractivity contribution >= 4 is 27.1 Å². The van der Waals surface area contributed by atoms with Crippen molar-refractivity contribution in [1.29, 1.82) is 0 Å². The predicted molar refractivity (Wildman–Crippen MR) is 76.0 cm³/mol. The topological polar surface area (TPSA) is 46.2 Å². The van der Waals surface area contributed by atoms with E-state index in [2.05, 4.69) is 5.32 Å². The van der Waals surface area contributed by atoms with E-state index in [0.29, 0.717) is 11.4 Å². The molecule has 0 bridgehead atoms. The lowest BCUT2D eigenvalue weighted by atomic mass is 9.95. The molecule has 0 amide bonds. The van der Waals surface area contributed by atoms with Crippen molar-refractivity contribution in [3.8, 4) is 0 Å². The van der Waals surface area contributed by atoms with Crippen LogP contribution in [0, 0.1) is 0 Å². The zero-order valence-corrected chi connectivity index (χ0v) is 12.0. The largest absolute Gasteiger partial charge is 0.381 e. The van der Waals surface area contributed by atoms with E-state index in [1.165, 1.54) is 6.26 Å². The minimum Gasteiger partial charge on any atom is -0.381 e. The van der Waals surface area contributed by atoms with Crippen LogP contribution in [-0.2, 0) is 9.84 Å². The van der Waals surface area contributed by atoms with Gasteiger partial charge in [0.1, 0.15) is 9.84 Å². The van der Waals surface area contributed by atoms with Crippen LogP contribution >= 0.6 is 11.6 Å². The zero-order chi connectivity index (χ0) is 13.2. The Morgan fingerprint density at radius 2 is 2.00 bits per heavy atom. The third-order valence-corrected chi connectivity index (χ3v) is 5.43. The van der Waals surface area contributed by atoms with Gasteiger partial charge in [0.15, 0.2) is 0 Å². The molecule has 5 heteroatoms. The maximum atomic E-state index is 11.6. The zero-order valence-electron chi connectivity index (χ0n) is 10.4. The molecule has 1 aliphatic rings. The molecule has 0 saturated heterocycles. The van der Waals surface area contributed by atoms with Gasteiger partial charge in [-0.25, -0.2) is 8.42 Å². The van der Waals surface area contributed by atoms with Gasteiger partial charge in [0.05, 0.1) is 16.0 Å². The molecular weight excluding hydrogens is 270 g/mol. The highest BCUT2D eigenvalue weighted by Crippen LogP contribution is 2.28. The average Bonchev–Trinajstić information content (AvgIpc) is 2.31. The van der Waals surface area contributed by atoms with Gasteiger partial charge in [0, 0.05) is 12.3 Å². The number of hydrogen-bond donors (Lipinski definition) is 1. The van der Waals surface area contributed by atoms with Gasteiger partial charge in [-0.3, -0.25) is 0 Å². The van der Waals surface area contributed by atoms with E-state index in [4.69, 9.17) is 11.6 Å². The monoisotopic (exact) mass is 287 g/mol. The molecule has 1 N–H and O–H groups in total. The second-order valence-electron chi connectivity index (χ2n) is 4.94. The molecule has 0 spiro atoms. The number of nitrogens with one attached hydrogen (secondary N) is 1. The summed E-state index contributed by atoms with van der Waals surface area (Å²) >= 11 is 6.09. The van der Waals surface area contributed by atoms with Crippen LogP contribution in [0.5, 0.6) is 0 Å². The van der Waals surface area contributed by atoms with E-state index in [0.717, 1.165) is 24.9 Å². The Hall–Kier alpha value is -0.740. The summed E-state index contributed by atoms with van der Waals surface area (Å²) in [4.78, 5) is 0. The van der Waals surface area contributed by atoms with Crippen LogP contribution in [0.4, 0.5) is 5.69 Å². The Bertz CT molecular complexity index is 515. The maximum Gasteiger partial charge on any atom is 0.150 e. The lowest BCUT2D eigenvalue weighted by Crippen LogP contribution is -2.34. The molecule has 0 heterocycles. The molecule has 0 radical (unpaired) electrons. The standard InChI is InChI=1S/C13H18ClNO2S/c1-18(16,17)11-6-4-5-10(9-11)15-13-8-3-2-7-12(13)14/h2-3,7-8,10-11,15H,4-6,9H2,1H3. The Morgan fingerprint density at radius 3 is 2.67 bits per heavy atom. The van der Waals surface area contributed by atoms with Crippen LogP contribution in [0.1, 0.15) is 25.7 Å². The van der Waals surface area contributed by atoms with Gasteiger partial charge in [-0.15, -0.1) is 0 Å². The molecule has 0 aliphatic heterocycles. The fraction of sp³-hybridized carbons (Fsp3) is 0.538. The molecule has 1 aromatic carbocycles. The Labute approximate surface area is 113 Å². The molecule has 18 heavy (non-hydrogen) atoms. The first kappa shape index (κ1) is 13.7. The molecule has 2 unspecified atom stereocenters. The normalized spacial score (nSPS) is 24.8. The molecular formula is C13H18ClNO2S. The lowest BCUT2D eigenvalue weighted by molar-refractivity contribution is 0.453. The number of hydrogen-bond acceptors (Lipinski definition) is 3. The van der Waals surface area contributed by atoms with Crippen molar-refractivity contribution in [2.45, 2.75) is 37.0 Å². The van der Waals surface area contributed by atoms with Crippen molar-refractivity contribution in [2.24, 2.45) is 0 Å². The third kappa shape index (κ3) is 3.39. The predicted octanol–water partition coefficient (Wildman–Crippen LogP) is 3.11.